The van der Waals surface area contributed by atoms with Crippen LogP contribution in [0, 0.1) is 0 Å². The van der Waals surface area contributed by atoms with Crippen molar-refractivity contribution in [2.24, 2.45) is 0 Å². The molecule has 1 aliphatic rings. The molecule has 1 atom stereocenters. The smallest absolute Gasteiger partial charge is 0.0676 e. The third-order valence-electron chi connectivity index (χ3n) is 2.87. The zero-order chi connectivity index (χ0) is 9.31. The highest BCUT2D eigenvalue weighted by Gasteiger charge is 2.44. The van der Waals surface area contributed by atoms with Gasteiger partial charge in [-0.25, -0.2) is 0 Å². The number of benzene rings is 1. The number of rotatable bonds is 2. The molecule has 0 bridgehead atoms. The van der Waals surface area contributed by atoms with E-state index < -0.39 is 0 Å². The second-order valence-electron chi connectivity index (χ2n) is 3.69. The van der Waals surface area contributed by atoms with E-state index in [2.05, 4.69) is 12.1 Å². The van der Waals surface area contributed by atoms with Gasteiger partial charge in [0.1, 0.15) is 0 Å². The Kier molecular flexibility index (Phi) is 2.10. The van der Waals surface area contributed by atoms with Gasteiger partial charge in [-0.3, -0.25) is 0 Å². The van der Waals surface area contributed by atoms with Gasteiger partial charge in [-0.1, -0.05) is 30.3 Å². The van der Waals surface area contributed by atoms with Crippen LogP contribution in [0.1, 0.15) is 12.5 Å². The molecule has 0 aliphatic carbocycles. The summed E-state index contributed by atoms with van der Waals surface area (Å²) in [5.74, 6) is 0. The van der Waals surface area contributed by atoms with Gasteiger partial charge in [0.2, 0.25) is 0 Å². The highest BCUT2D eigenvalue weighted by atomic mass is 16.5. The van der Waals surface area contributed by atoms with Gasteiger partial charge in [-0.15, -0.1) is 0 Å². The molecule has 0 amide bonds. The second kappa shape index (κ2) is 3.13. The highest BCUT2D eigenvalue weighted by Crippen LogP contribution is 2.35. The van der Waals surface area contributed by atoms with Gasteiger partial charge >= 0.3 is 0 Å². The van der Waals surface area contributed by atoms with E-state index in [1.165, 1.54) is 5.56 Å². The van der Waals surface area contributed by atoms with Crippen molar-refractivity contribution < 1.29 is 9.84 Å². The first kappa shape index (κ1) is 8.73. The highest BCUT2D eigenvalue weighted by molar-refractivity contribution is 5.29. The predicted molar refractivity (Wildman–Crippen MR) is 50.6 cm³/mol. The van der Waals surface area contributed by atoms with E-state index in [0.717, 1.165) is 0 Å². The van der Waals surface area contributed by atoms with Crippen molar-refractivity contribution in [2.45, 2.75) is 18.4 Å². The lowest BCUT2D eigenvalue weighted by atomic mass is 9.74. The average molecular weight is 178 g/mol. The Labute approximate surface area is 78.2 Å². The van der Waals surface area contributed by atoms with Crippen molar-refractivity contribution >= 4 is 0 Å². The van der Waals surface area contributed by atoms with Gasteiger partial charge in [0.15, 0.2) is 0 Å². The molecule has 70 valence electrons. The summed E-state index contributed by atoms with van der Waals surface area (Å²) in [6.07, 6.45) is -0.344. The molecule has 2 rings (SSSR count). The van der Waals surface area contributed by atoms with Gasteiger partial charge in [-0.05, 0) is 12.5 Å². The third kappa shape index (κ3) is 1.26. The van der Waals surface area contributed by atoms with Crippen LogP contribution in [0.2, 0.25) is 0 Å². The third-order valence-corrected chi connectivity index (χ3v) is 2.87. The maximum Gasteiger partial charge on any atom is 0.0676 e. The largest absolute Gasteiger partial charge is 0.392 e. The standard InChI is InChI=1S/C11H14O2/c1-9(12)11(7-13-8-11)10-5-3-2-4-6-10/h2-6,9,12H,7-8H2,1H3. The van der Waals surface area contributed by atoms with E-state index >= 15 is 0 Å². The Morgan fingerprint density at radius 1 is 1.31 bits per heavy atom. The minimum absolute atomic E-state index is 0.152. The fourth-order valence-electron chi connectivity index (χ4n) is 1.74. The van der Waals surface area contributed by atoms with Gasteiger partial charge < -0.3 is 9.84 Å². The van der Waals surface area contributed by atoms with E-state index in [9.17, 15) is 5.11 Å². The second-order valence-corrected chi connectivity index (χ2v) is 3.69. The molecular formula is C11H14O2. The van der Waals surface area contributed by atoms with E-state index in [4.69, 9.17) is 4.74 Å². The molecule has 1 fully saturated rings. The van der Waals surface area contributed by atoms with Crippen molar-refractivity contribution in [1.29, 1.82) is 0 Å². The lowest BCUT2D eigenvalue weighted by molar-refractivity contribution is -0.114. The predicted octanol–water partition coefficient (Wildman–Crippen LogP) is 1.34. The molecule has 1 unspecified atom stereocenters. The summed E-state index contributed by atoms with van der Waals surface area (Å²) in [5.41, 5.74) is 1.03. The first-order valence-corrected chi connectivity index (χ1v) is 4.57. The lowest BCUT2D eigenvalue weighted by Gasteiger charge is -2.44. The Bertz CT molecular complexity index is 275. The zero-order valence-electron chi connectivity index (χ0n) is 7.73. The van der Waals surface area contributed by atoms with E-state index in [1.807, 2.05) is 25.1 Å². The molecule has 0 spiro atoms. The number of ether oxygens (including phenoxy) is 1. The quantitative estimate of drug-likeness (QED) is 0.740. The first-order chi connectivity index (χ1) is 6.26. The van der Waals surface area contributed by atoms with Crippen LogP contribution in [0.3, 0.4) is 0 Å². The van der Waals surface area contributed by atoms with Crippen molar-refractivity contribution in [3.05, 3.63) is 35.9 Å². The molecule has 2 nitrogen and oxygen atoms in total. The molecule has 1 saturated heterocycles. The van der Waals surface area contributed by atoms with Crippen molar-refractivity contribution in [3.63, 3.8) is 0 Å². The van der Waals surface area contributed by atoms with Crippen LogP contribution in [0.15, 0.2) is 30.3 Å². The van der Waals surface area contributed by atoms with Crippen LogP contribution in [-0.4, -0.2) is 24.4 Å². The average Bonchev–Trinajstić information content (AvgIpc) is 2.03. The molecule has 1 aromatic carbocycles. The summed E-state index contributed by atoms with van der Waals surface area (Å²) in [7, 11) is 0. The lowest BCUT2D eigenvalue weighted by Crippen LogP contribution is -2.54. The molecule has 0 aromatic heterocycles. The van der Waals surface area contributed by atoms with Gasteiger partial charge in [0.05, 0.1) is 24.7 Å². The van der Waals surface area contributed by atoms with Crippen molar-refractivity contribution in [3.8, 4) is 0 Å². The summed E-state index contributed by atoms with van der Waals surface area (Å²) in [5, 5.41) is 9.70. The summed E-state index contributed by atoms with van der Waals surface area (Å²) in [4.78, 5) is 0. The van der Waals surface area contributed by atoms with Crippen LogP contribution in [0.25, 0.3) is 0 Å². The van der Waals surface area contributed by atoms with Crippen LogP contribution in [-0.2, 0) is 10.2 Å². The number of hydrogen-bond donors (Lipinski definition) is 1. The van der Waals surface area contributed by atoms with Crippen molar-refractivity contribution in [1.82, 2.24) is 0 Å². The molecule has 1 aromatic rings. The Morgan fingerprint density at radius 2 is 1.92 bits per heavy atom. The summed E-state index contributed by atoms with van der Waals surface area (Å²) in [6.45, 7) is 3.10. The fraction of sp³-hybridized carbons (Fsp3) is 0.455. The van der Waals surface area contributed by atoms with Crippen LogP contribution in [0.4, 0.5) is 0 Å². The van der Waals surface area contributed by atoms with E-state index in [-0.39, 0.29) is 11.5 Å². The van der Waals surface area contributed by atoms with Crippen LogP contribution >= 0.6 is 0 Å². The SMILES string of the molecule is CC(O)C1(c2ccccc2)COC1. The van der Waals surface area contributed by atoms with Crippen molar-refractivity contribution in [2.75, 3.05) is 13.2 Å². The van der Waals surface area contributed by atoms with Crippen LogP contribution in [0.5, 0.6) is 0 Å². The van der Waals surface area contributed by atoms with E-state index in [1.54, 1.807) is 0 Å². The maximum atomic E-state index is 9.70. The molecule has 2 heteroatoms. The summed E-state index contributed by atoms with van der Waals surface area (Å²) >= 11 is 0. The number of aliphatic hydroxyl groups excluding tert-OH is 1. The topological polar surface area (TPSA) is 29.5 Å². The monoisotopic (exact) mass is 178 g/mol. The molecule has 1 N–H and O–H groups in total. The number of aliphatic hydroxyl groups is 1. The number of hydrogen-bond acceptors (Lipinski definition) is 2. The minimum Gasteiger partial charge on any atom is -0.392 e. The zero-order valence-corrected chi connectivity index (χ0v) is 7.73. The Hall–Kier alpha value is -0.860. The summed E-state index contributed by atoms with van der Waals surface area (Å²) < 4.78 is 5.19. The Balaban J connectivity index is 2.32. The molecule has 0 radical (unpaired) electrons. The molecule has 1 heterocycles. The summed E-state index contributed by atoms with van der Waals surface area (Å²) in [6, 6.07) is 10.1. The molecule has 1 aliphatic heterocycles. The molecular weight excluding hydrogens is 164 g/mol. The maximum absolute atomic E-state index is 9.70. The fourth-order valence-corrected chi connectivity index (χ4v) is 1.74. The normalized spacial score (nSPS) is 22.0. The van der Waals surface area contributed by atoms with E-state index in [0.29, 0.717) is 13.2 Å². The molecule has 13 heavy (non-hydrogen) atoms. The van der Waals surface area contributed by atoms with Gasteiger partial charge in [0.25, 0.3) is 0 Å². The minimum atomic E-state index is -0.344. The Morgan fingerprint density at radius 3 is 2.31 bits per heavy atom. The van der Waals surface area contributed by atoms with Crippen LogP contribution < -0.4 is 0 Å². The first-order valence-electron chi connectivity index (χ1n) is 4.57. The van der Waals surface area contributed by atoms with Gasteiger partial charge in [-0.2, -0.15) is 0 Å². The van der Waals surface area contributed by atoms with Gasteiger partial charge in [0, 0.05) is 0 Å². The molecule has 0 saturated carbocycles.